The maximum Gasteiger partial charge on any atom is 0.306 e. The molecule has 1 amide bonds. The predicted octanol–water partition coefficient (Wildman–Crippen LogP) is 3.00. The molecule has 0 radical (unpaired) electrons. The lowest BCUT2D eigenvalue weighted by Crippen LogP contribution is -2.53. The lowest BCUT2D eigenvalue weighted by Gasteiger charge is -2.41. The highest BCUT2D eigenvalue weighted by Crippen LogP contribution is 2.27. The van der Waals surface area contributed by atoms with Crippen molar-refractivity contribution < 1.29 is 14.7 Å². The number of rotatable bonds is 3. The van der Waals surface area contributed by atoms with Gasteiger partial charge >= 0.3 is 5.97 Å². The molecule has 4 nitrogen and oxygen atoms in total. The molecule has 19 heavy (non-hydrogen) atoms. The van der Waals surface area contributed by atoms with Crippen LogP contribution in [0.5, 0.6) is 0 Å². The first kappa shape index (κ1) is 14.5. The third-order valence-electron chi connectivity index (χ3n) is 3.40. The SMILES string of the molecule is CC(C(=O)O)C1CN(C(=O)c2cc(Br)cc(Br)c2)C1. The van der Waals surface area contributed by atoms with Crippen molar-refractivity contribution in [2.45, 2.75) is 6.92 Å². The molecule has 1 N–H and O–H groups in total. The highest BCUT2D eigenvalue weighted by Gasteiger charge is 2.37. The summed E-state index contributed by atoms with van der Waals surface area (Å²) in [7, 11) is 0. The molecule has 1 heterocycles. The van der Waals surface area contributed by atoms with Crippen molar-refractivity contribution in [3.05, 3.63) is 32.7 Å². The normalized spacial score (nSPS) is 16.9. The molecule has 1 saturated heterocycles. The average molecular weight is 391 g/mol. The monoisotopic (exact) mass is 389 g/mol. The second-order valence-corrected chi connectivity index (χ2v) is 6.59. The van der Waals surface area contributed by atoms with Gasteiger partial charge in [0.15, 0.2) is 0 Å². The minimum Gasteiger partial charge on any atom is -0.481 e. The standard InChI is InChI=1S/C13H13Br2NO3/c1-7(13(18)19)9-5-16(6-9)12(17)8-2-10(14)4-11(15)3-8/h2-4,7,9H,5-6H2,1H3,(H,18,19). The molecule has 1 aliphatic heterocycles. The van der Waals surface area contributed by atoms with Gasteiger partial charge in [0.1, 0.15) is 0 Å². The van der Waals surface area contributed by atoms with Gasteiger partial charge in [-0.15, -0.1) is 0 Å². The van der Waals surface area contributed by atoms with Crippen LogP contribution in [0, 0.1) is 11.8 Å². The Morgan fingerprint density at radius 2 is 1.79 bits per heavy atom. The molecule has 1 aromatic carbocycles. The Labute approximate surface area is 128 Å². The van der Waals surface area contributed by atoms with E-state index in [0.717, 1.165) is 8.95 Å². The van der Waals surface area contributed by atoms with Crippen LogP contribution in [0.25, 0.3) is 0 Å². The molecule has 0 aromatic heterocycles. The molecule has 0 spiro atoms. The van der Waals surface area contributed by atoms with Crippen LogP contribution in [-0.2, 0) is 4.79 Å². The fourth-order valence-electron chi connectivity index (χ4n) is 2.06. The van der Waals surface area contributed by atoms with Gasteiger partial charge in [-0.2, -0.15) is 0 Å². The van der Waals surface area contributed by atoms with E-state index in [-0.39, 0.29) is 11.8 Å². The molecule has 6 heteroatoms. The molecule has 102 valence electrons. The van der Waals surface area contributed by atoms with Crippen molar-refractivity contribution in [2.75, 3.05) is 13.1 Å². The van der Waals surface area contributed by atoms with Crippen molar-refractivity contribution in [1.29, 1.82) is 0 Å². The first-order chi connectivity index (χ1) is 8.88. The summed E-state index contributed by atoms with van der Waals surface area (Å²) >= 11 is 6.69. The van der Waals surface area contributed by atoms with Crippen LogP contribution in [0.2, 0.25) is 0 Å². The van der Waals surface area contributed by atoms with E-state index in [1.165, 1.54) is 0 Å². The number of carbonyl (C=O) groups is 2. The lowest BCUT2D eigenvalue weighted by atomic mass is 9.86. The maximum atomic E-state index is 12.2. The van der Waals surface area contributed by atoms with Gasteiger partial charge in [0, 0.05) is 33.5 Å². The number of likely N-dealkylation sites (tertiary alicyclic amines) is 1. The zero-order chi connectivity index (χ0) is 14.2. The highest BCUT2D eigenvalue weighted by atomic mass is 79.9. The fraction of sp³-hybridized carbons (Fsp3) is 0.385. The maximum absolute atomic E-state index is 12.2. The zero-order valence-corrected chi connectivity index (χ0v) is 13.4. The number of carbonyl (C=O) groups excluding carboxylic acids is 1. The van der Waals surface area contributed by atoms with E-state index >= 15 is 0 Å². The van der Waals surface area contributed by atoms with Crippen LogP contribution >= 0.6 is 31.9 Å². The molecular formula is C13H13Br2NO3. The highest BCUT2D eigenvalue weighted by molar-refractivity contribution is 9.11. The van der Waals surface area contributed by atoms with E-state index in [1.807, 2.05) is 6.07 Å². The van der Waals surface area contributed by atoms with E-state index in [0.29, 0.717) is 18.7 Å². The van der Waals surface area contributed by atoms with E-state index < -0.39 is 11.9 Å². The number of hydrogen-bond donors (Lipinski definition) is 1. The van der Waals surface area contributed by atoms with E-state index in [4.69, 9.17) is 5.11 Å². The van der Waals surface area contributed by atoms with Gasteiger partial charge in [-0.1, -0.05) is 38.8 Å². The largest absolute Gasteiger partial charge is 0.481 e. The molecule has 1 aliphatic rings. The summed E-state index contributed by atoms with van der Waals surface area (Å²) in [4.78, 5) is 24.7. The number of carboxylic acids is 1. The lowest BCUT2D eigenvalue weighted by molar-refractivity contribution is -0.144. The number of carboxylic acid groups (broad SMARTS) is 1. The smallest absolute Gasteiger partial charge is 0.306 e. The van der Waals surface area contributed by atoms with Gasteiger partial charge in [-0.05, 0) is 18.2 Å². The number of halogens is 2. The summed E-state index contributed by atoms with van der Waals surface area (Å²) in [6, 6.07) is 5.39. The molecule has 1 aromatic rings. The fourth-order valence-corrected chi connectivity index (χ4v) is 3.35. The molecule has 0 aliphatic carbocycles. The van der Waals surface area contributed by atoms with Crippen LogP contribution < -0.4 is 0 Å². The summed E-state index contributed by atoms with van der Waals surface area (Å²) < 4.78 is 1.67. The first-order valence-corrected chi connectivity index (χ1v) is 7.45. The topological polar surface area (TPSA) is 57.6 Å². The summed E-state index contributed by atoms with van der Waals surface area (Å²) in [6.07, 6.45) is 0. The Hall–Kier alpha value is -0.880. The number of amides is 1. The third kappa shape index (κ3) is 3.17. The van der Waals surface area contributed by atoms with Crippen molar-refractivity contribution in [3.63, 3.8) is 0 Å². The number of aliphatic carboxylic acids is 1. The molecule has 0 bridgehead atoms. The predicted molar refractivity (Wildman–Crippen MR) is 78.0 cm³/mol. The van der Waals surface area contributed by atoms with Gasteiger partial charge < -0.3 is 10.0 Å². The van der Waals surface area contributed by atoms with Crippen LogP contribution in [0.1, 0.15) is 17.3 Å². The molecule has 0 saturated carbocycles. The second-order valence-electron chi connectivity index (χ2n) is 4.76. The van der Waals surface area contributed by atoms with Crippen molar-refractivity contribution >= 4 is 43.7 Å². The zero-order valence-electron chi connectivity index (χ0n) is 10.3. The quantitative estimate of drug-likeness (QED) is 0.862. The minimum atomic E-state index is -0.803. The van der Waals surface area contributed by atoms with Gasteiger partial charge in [-0.3, -0.25) is 9.59 Å². The summed E-state index contributed by atoms with van der Waals surface area (Å²) in [5.41, 5.74) is 0.600. The van der Waals surface area contributed by atoms with E-state index in [2.05, 4.69) is 31.9 Å². The van der Waals surface area contributed by atoms with Gasteiger partial charge in [-0.25, -0.2) is 0 Å². The minimum absolute atomic E-state index is 0.0528. The van der Waals surface area contributed by atoms with Gasteiger partial charge in [0.2, 0.25) is 0 Å². The third-order valence-corrected chi connectivity index (χ3v) is 4.32. The van der Waals surface area contributed by atoms with Crippen LogP contribution in [-0.4, -0.2) is 35.0 Å². The Bertz CT molecular complexity index is 506. The Morgan fingerprint density at radius 1 is 1.26 bits per heavy atom. The van der Waals surface area contributed by atoms with Crippen molar-refractivity contribution in [3.8, 4) is 0 Å². The van der Waals surface area contributed by atoms with Gasteiger partial charge in [0.25, 0.3) is 5.91 Å². The van der Waals surface area contributed by atoms with Crippen LogP contribution in [0.3, 0.4) is 0 Å². The van der Waals surface area contributed by atoms with E-state index in [1.54, 1.807) is 24.0 Å². The summed E-state index contributed by atoms with van der Waals surface area (Å²) in [5, 5.41) is 8.92. The molecule has 1 fully saturated rings. The number of nitrogens with zero attached hydrogens (tertiary/aromatic N) is 1. The average Bonchev–Trinajstić information content (AvgIpc) is 2.25. The molecule has 2 rings (SSSR count). The number of benzene rings is 1. The molecule has 1 atom stereocenters. The second kappa shape index (κ2) is 5.63. The molecule has 1 unspecified atom stereocenters. The summed E-state index contributed by atoms with van der Waals surface area (Å²) in [6.45, 7) is 2.71. The van der Waals surface area contributed by atoms with Crippen molar-refractivity contribution in [1.82, 2.24) is 4.90 Å². The van der Waals surface area contributed by atoms with Gasteiger partial charge in [0.05, 0.1) is 5.92 Å². The van der Waals surface area contributed by atoms with Crippen LogP contribution in [0.15, 0.2) is 27.1 Å². The Kier molecular flexibility index (Phi) is 4.30. The van der Waals surface area contributed by atoms with Crippen molar-refractivity contribution in [2.24, 2.45) is 11.8 Å². The number of hydrogen-bond acceptors (Lipinski definition) is 2. The van der Waals surface area contributed by atoms with Crippen LogP contribution in [0.4, 0.5) is 0 Å². The Balaban J connectivity index is 2.02. The summed E-state index contributed by atoms with van der Waals surface area (Å²) in [5.74, 6) is -1.21. The Morgan fingerprint density at radius 3 is 2.26 bits per heavy atom. The first-order valence-electron chi connectivity index (χ1n) is 5.86. The molecular weight excluding hydrogens is 378 g/mol. The van der Waals surface area contributed by atoms with E-state index in [9.17, 15) is 9.59 Å².